The fraction of sp³-hybridized carbons (Fsp3) is 0.455. The highest BCUT2D eigenvalue weighted by Gasteiger charge is 2.23. The summed E-state index contributed by atoms with van der Waals surface area (Å²) in [6.07, 6.45) is 1.11. The molecule has 0 aliphatic rings. The second-order valence-electron chi connectivity index (χ2n) is 4.56. The maximum Gasteiger partial charge on any atom is 0.321 e. The van der Waals surface area contributed by atoms with Gasteiger partial charge in [-0.25, -0.2) is 9.37 Å². The van der Waals surface area contributed by atoms with E-state index in [-0.39, 0.29) is 18.2 Å². The maximum atomic E-state index is 13.1. The van der Waals surface area contributed by atoms with Crippen LogP contribution in [0.5, 0.6) is 6.01 Å². The lowest BCUT2D eigenvalue weighted by molar-refractivity contribution is -0.159. The van der Waals surface area contributed by atoms with Gasteiger partial charge in [-0.1, -0.05) is 0 Å². The Labute approximate surface area is 109 Å². The Bertz CT molecular complexity index is 473. The molecule has 0 bridgehead atoms. The molecule has 104 valence electrons. The van der Waals surface area contributed by atoms with Gasteiger partial charge in [0.1, 0.15) is 0 Å². The fourth-order valence-electron chi connectivity index (χ4n) is 0.930. The van der Waals surface area contributed by atoms with E-state index in [0.717, 1.165) is 6.20 Å². The van der Waals surface area contributed by atoms with Crippen molar-refractivity contribution in [2.24, 2.45) is 5.41 Å². The van der Waals surface area contributed by atoms with Crippen LogP contribution in [0, 0.1) is 11.2 Å². The predicted molar refractivity (Wildman–Crippen MR) is 62.7 cm³/mol. The molecule has 0 fully saturated rings. The number of halogens is 1. The number of ether oxygens (including phenoxy) is 2. The van der Waals surface area contributed by atoms with Gasteiger partial charge in [0.15, 0.2) is 11.6 Å². The van der Waals surface area contributed by atoms with Crippen LogP contribution in [0.25, 0.3) is 0 Å². The summed E-state index contributed by atoms with van der Waals surface area (Å²) >= 11 is 0. The molecule has 1 amide bonds. The maximum absolute atomic E-state index is 13.1. The average Bonchev–Trinajstić information content (AvgIpc) is 2.32. The number of aromatic nitrogens is 2. The van der Waals surface area contributed by atoms with Gasteiger partial charge in [0, 0.05) is 0 Å². The standard InChI is InChI=1S/C11H14FN3O4/c1-11(2,3)9(17)18-6-19-10-13-4-7(12)8(15-10)14-5-16/h4-5H,6H2,1-3H3,(H,13,14,15,16). The summed E-state index contributed by atoms with van der Waals surface area (Å²) in [5.74, 6) is -1.57. The molecule has 1 heterocycles. The van der Waals surface area contributed by atoms with Gasteiger partial charge in [-0.05, 0) is 20.8 Å². The summed E-state index contributed by atoms with van der Waals surface area (Å²) < 4.78 is 22.8. The zero-order valence-corrected chi connectivity index (χ0v) is 10.8. The smallest absolute Gasteiger partial charge is 0.321 e. The normalized spacial score (nSPS) is 10.7. The molecule has 1 rings (SSSR count). The number of rotatable bonds is 5. The summed E-state index contributed by atoms with van der Waals surface area (Å²) in [6.45, 7) is 4.67. The molecule has 19 heavy (non-hydrogen) atoms. The third-order valence-electron chi connectivity index (χ3n) is 1.91. The molecule has 0 saturated carbocycles. The third kappa shape index (κ3) is 4.49. The first kappa shape index (κ1) is 14.8. The molecular formula is C11H14FN3O4. The van der Waals surface area contributed by atoms with Gasteiger partial charge >= 0.3 is 12.0 Å². The molecule has 0 aromatic carbocycles. The van der Waals surface area contributed by atoms with Crippen molar-refractivity contribution in [2.45, 2.75) is 20.8 Å². The number of amides is 1. The highest BCUT2D eigenvalue weighted by Crippen LogP contribution is 2.16. The Hall–Kier alpha value is -2.25. The van der Waals surface area contributed by atoms with E-state index < -0.39 is 24.0 Å². The first-order valence-electron chi connectivity index (χ1n) is 5.37. The van der Waals surface area contributed by atoms with Crippen LogP contribution in [-0.4, -0.2) is 29.1 Å². The van der Waals surface area contributed by atoms with Crippen LogP contribution < -0.4 is 10.1 Å². The zero-order valence-electron chi connectivity index (χ0n) is 10.8. The first-order chi connectivity index (χ1) is 8.84. The Morgan fingerprint density at radius 2 is 2.21 bits per heavy atom. The molecule has 0 aliphatic carbocycles. The molecule has 0 radical (unpaired) electrons. The second-order valence-corrected chi connectivity index (χ2v) is 4.56. The quantitative estimate of drug-likeness (QED) is 0.490. The minimum Gasteiger partial charge on any atom is -0.427 e. The third-order valence-corrected chi connectivity index (χ3v) is 1.91. The molecule has 1 aromatic rings. The van der Waals surface area contributed by atoms with Gasteiger partial charge < -0.3 is 14.8 Å². The van der Waals surface area contributed by atoms with Crippen LogP contribution in [0.2, 0.25) is 0 Å². The van der Waals surface area contributed by atoms with E-state index in [1.165, 1.54) is 0 Å². The molecular weight excluding hydrogens is 257 g/mol. The summed E-state index contributed by atoms with van der Waals surface area (Å²) in [6, 6.07) is -0.215. The number of nitrogens with zero attached hydrogens (tertiary/aromatic N) is 2. The number of anilines is 1. The Balaban J connectivity index is 2.57. The molecule has 1 N–H and O–H groups in total. The summed E-state index contributed by atoms with van der Waals surface area (Å²) in [7, 11) is 0. The van der Waals surface area contributed by atoms with Crippen molar-refractivity contribution < 1.29 is 23.5 Å². The minimum atomic E-state index is -0.800. The van der Waals surface area contributed by atoms with Crippen LogP contribution >= 0.6 is 0 Å². The number of hydrogen-bond acceptors (Lipinski definition) is 6. The van der Waals surface area contributed by atoms with Crippen LogP contribution in [0.4, 0.5) is 10.2 Å². The van der Waals surface area contributed by atoms with Gasteiger partial charge in [-0.15, -0.1) is 0 Å². The Morgan fingerprint density at radius 3 is 2.79 bits per heavy atom. The minimum absolute atomic E-state index is 0.215. The van der Waals surface area contributed by atoms with Crippen LogP contribution in [0.3, 0.4) is 0 Å². The van der Waals surface area contributed by atoms with E-state index >= 15 is 0 Å². The van der Waals surface area contributed by atoms with Crippen molar-refractivity contribution in [3.63, 3.8) is 0 Å². The van der Waals surface area contributed by atoms with Gasteiger partial charge in [-0.2, -0.15) is 4.98 Å². The lowest BCUT2D eigenvalue weighted by atomic mass is 9.98. The number of carbonyl (C=O) groups is 2. The highest BCUT2D eigenvalue weighted by molar-refractivity contribution is 5.75. The van der Waals surface area contributed by atoms with Gasteiger partial charge in [0.05, 0.1) is 11.6 Å². The van der Waals surface area contributed by atoms with Crippen molar-refractivity contribution >= 4 is 18.2 Å². The molecule has 8 heteroatoms. The number of esters is 1. The summed E-state index contributed by atoms with van der Waals surface area (Å²) in [5.41, 5.74) is -0.656. The van der Waals surface area contributed by atoms with E-state index in [2.05, 4.69) is 9.97 Å². The predicted octanol–water partition coefficient (Wildman–Crippen LogP) is 1.11. The van der Waals surface area contributed by atoms with Crippen molar-refractivity contribution in [1.29, 1.82) is 0 Å². The zero-order chi connectivity index (χ0) is 14.5. The number of carbonyl (C=O) groups excluding carboxylic acids is 2. The Kier molecular flexibility index (Phi) is 4.74. The van der Waals surface area contributed by atoms with E-state index in [1.54, 1.807) is 20.8 Å². The van der Waals surface area contributed by atoms with E-state index in [0.29, 0.717) is 0 Å². The summed E-state index contributed by atoms with van der Waals surface area (Å²) in [5, 5.41) is 2.05. The van der Waals surface area contributed by atoms with Crippen LogP contribution in [0.15, 0.2) is 6.20 Å². The second kappa shape index (κ2) is 6.07. The number of hydrogen-bond donors (Lipinski definition) is 1. The number of nitrogens with one attached hydrogen (secondary N) is 1. The monoisotopic (exact) mass is 271 g/mol. The summed E-state index contributed by atoms with van der Waals surface area (Å²) in [4.78, 5) is 28.7. The fourth-order valence-corrected chi connectivity index (χ4v) is 0.930. The molecule has 0 aliphatic heterocycles. The Morgan fingerprint density at radius 1 is 1.53 bits per heavy atom. The molecule has 0 unspecified atom stereocenters. The van der Waals surface area contributed by atoms with Crippen molar-refractivity contribution in [3.8, 4) is 6.01 Å². The van der Waals surface area contributed by atoms with Crippen LogP contribution in [0.1, 0.15) is 20.8 Å². The van der Waals surface area contributed by atoms with Gasteiger partial charge in [0.2, 0.25) is 13.2 Å². The largest absolute Gasteiger partial charge is 0.427 e. The van der Waals surface area contributed by atoms with Crippen molar-refractivity contribution in [1.82, 2.24) is 9.97 Å². The molecule has 0 spiro atoms. The molecule has 7 nitrogen and oxygen atoms in total. The van der Waals surface area contributed by atoms with E-state index in [4.69, 9.17) is 9.47 Å². The first-order valence-corrected chi connectivity index (χ1v) is 5.37. The van der Waals surface area contributed by atoms with Gasteiger partial charge in [-0.3, -0.25) is 9.59 Å². The molecule has 0 atom stereocenters. The molecule has 1 aromatic heterocycles. The van der Waals surface area contributed by atoms with Crippen LogP contribution in [-0.2, 0) is 14.3 Å². The van der Waals surface area contributed by atoms with Crippen molar-refractivity contribution in [3.05, 3.63) is 12.0 Å². The van der Waals surface area contributed by atoms with Crippen molar-refractivity contribution in [2.75, 3.05) is 12.1 Å². The lowest BCUT2D eigenvalue weighted by Crippen LogP contribution is -2.24. The lowest BCUT2D eigenvalue weighted by Gasteiger charge is -2.16. The SMILES string of the molecule is CC(C)(C)C(=O)OCOc1ncc(F)c(NC=O)n1. The van der Waals surface area contributed by atoms with E-state index in [9.17, 15) is 14.0 Å². The molecule has 0 saturated heterocycles. The average molecular weight is 271 g/mol. The highest BCUT2D eigenvalue weighted by atomic mass is 19.1. The topological polar surface area (TPSA) is 90.4 Å². The van der Waals surface area contributed by atoms with E-state index in [1.807, 2.05) is 5.32 Å². The van der Waals surface area contributed by atoms with Gasteiger partial charge in [0.25, 0.3) is 0 Å².